The van der Waals surface area contributed by atoms with Crippen LogP contribution in [0.4, 0.5) is 0 Å². The van der Waals surface area contributed by atoms with Gasteiger partial charge in [0.1, 0.15) is 6.21 Å². The van der Waals surface area contributed by atoms with Gasteiger partial charge in [0, 0.05) is 13.3 Å². The van der Waals surface area contributed by atoms with E-state index in [0.29, 0.717) is 12.8 Å². The van der Waals surface area contributed by atoms with Crippen molar-refractivity contribution in [2.75, 3.05) is 0 Å². The van der Waals surface area contributed by atoms with Crippen molar-refractivity contribution >= 4 is 23.8 Å². The Labute approximate surface area is 219 Å². The summed E-state index contributed by atoms with van der Waals surface area (Å²) in [6.07, 6.45) is 31.8. The molecule has 8 heteroatoms. The van der Waals surface area contributed by atoms with Crippen LogP contribution in [-0.2, 0) is 9.59 Å². The van der Waals surface area contributed by atoms with Crippen LogP contribution in [0.1, 0.15) is 71.6 Å². The van der Waals surface area contributed by atoms with Crippen LogP contribution < -0.4 is 0 Å². The normalized spacial score (nSPS) is 18.9. The molecule has 1 rings (SSSR count). The molecule has 1 N–H and O–H groups in total. The number of ketones is 1. The molecule has 0 saturated heterocycles. The first-order valence-electron chi connectivity index (χ1n) is 12.8. The van der Waals surface area contributed by atoms with E-state index in [1.54, 1.807) is 6.08 Å². The highest BCUT2D eigenvalue weighted by Crippen LogP contribution is 2.23. The summed E-state index contributed by atoms with van der Waals surface area (Å²) < 4.78 is 0. The highest BCUT2D eigenvalue weighted by Gasteiger charge is 2.43. The number of aliphatic imine (C=N–C) groups is 2. The minimum absolute atomic E-state index is 0.0675. The molecule has 0 aliphatic carbocycles. The standard InChI is InChI=1S/C29H39N3O5/c1-3-4-5-6-7-8-9-10-11-12-13-14-15-16-17-18-19-20-21-25(28(34)35)22-23-26(33)29(2)30-24-27(31-29)32(36)37/h4-5,7-8,10-11,13-14,16-17,19-20,24-25H,3,6,9,12,15,18,21-23H2,1-2H3,(H,34,35). The third-order valence-corrected chi connectivity index (χ3v) is 5.57. The second-order valence-electron chi connectivity index (χ2n) is 8.65. The zero-order valence-corrected chi connectivity index (χ0v) is 21.9. The Morgan fingerprint density at radius 3 is 1.78 bits per heavy atom. The van der Waals surface area contributed by atoms with Crippen LogP contribution in [0.2, 0.25) is 0 Å². The Balaban J connectivity index is 2.25. The number of carbonyl (C=O) groups excluding carboxylic acids is 1. The number of aliphatic carboxylic acids is 1. The van der Waals surface area contributed by atoms with Crippen LogP contribution in [0.25, 0.3) is 0 Å². The molecule has 1 heterocycles. The van der Waals surface area contributed by atoms with Crippen molar-refractivity contribution < 1.29 is 19.6 Å². The fourth-order valence-electron chi connectivity index (χ4n) is 3.35. The van der Waals surface area contributed by atoms with Crippen molar-refractivity contribution in [1.29, 1.82) is 0 Å². The molecule has 2 unspecified atom stereocenters. The van der Waals surface area contributed by atoms with Crippen molar-refractivity contribution in [2.45, 2.75) is 77.3 Å². The number of carbonyl (C=O) groups is 2. The summed E-state index contributed by atoms with van der Waals surface area (Å²) in [5.74, 6) is -2.61. The quantitative estimate of drug-likeness (QED) is 0.127. The first kappa shape index (κ1) is 31.4. The van der Waals surface area contributed by atoms with E-state index in [1.165, 1.54) is 6.92 Å². The van der Waals surface area contributed by atoms with Crippen molar-refractivity contribution in [3.05, 3.63) is 83.0 Å². The lowest BCUT2D eigenvalue weighted by Gasteiger charge is -2.13. The van der Waals surface area contributed by atoms with Gasteiger partial charge in [0.15, 0.2) is 0 Å². The number of carboxylic acids is 1. The van der Waals surface area contributed by atoms with Gasteiger partial charge in [-0.2, -0.15) is 0 Å². The Kier molecular flexibility index (Phi) is 15.7. The molecule has 8 nitrogen and oxygen atoms in total. The minimum atomic E-state index is -1.54. The zero-order chi connectivity index (χ0) is 27.4. The third-order valence-electron chi connectivity index (χ3n) is 5.57. The number of Topliss-reactive ketones (excluding diaryl/α,β-unsaturated/α-hetero) is 1. The molecular weight excluding hydrogens is 470 g/mol. The number of nitro groups is 1. The Morgan fingerprint density at radius 1 is 0.919 bits per heavy atom. The van der Waals surface area contributed by atoms with Crippen LogP contribution in [0.5, 0.6) is 0 Å². The molecule has 200 valence electrons. The van der Waals surface area contributed by atoms with Gasteiger partial charge in [-0.25, -0.2) is 4.99 Å². The molecular formula is C29H39N3O5. The lowest BCUT2D eigenvalue weighted by molar-refractivity contribution is -0.345. The highest BCUT2D eigenvalue weighted by molar-refractivity contribution is 6.28. The summed E-state index contributed by atoms with van der Waals surface area (Å²) in [5.41, 5.74) is -1.54. The van der Waals surface area contributed by atoms with E-state index in [1.807, 2.05) is 12.2 Å². The number of rotatable bonds is 18. The maximum absolute atomic E-state index is 12.4. The van der Waals surface area contributed by atoms with Gasteiger partial charge < -0.3 is 15.2 Å². The third kappa shape index (κ3) is 13.8. The molecule has 37 heavy (non-hydrogen) atoms. The van der Waals surface area contributed by atoms with E-state index in [9.17, 15) is 24.8 Å². The molecule has 1 aliphatic heterocycles. The average molecular weight is 510 g/mol. The number of hydrogen-bond donors (Lipinski definition) is 1. The number of amidine groups is 1. The van der Waals surface area contributed by atoms with E-state index in [4.69, 9.17) is 0 Å². The predicted octanol–water partition coefficient (Wildman–Crippen LogP) is 6.60. The minimum Gasteiger partial charge on any atom is -0.481 e. The summed E-state index contributed by atoms with van der Waals surface area (Å²) in [6, 6.07) is 0. The topological polar surface area (TPSA) is 122 Å². The summed E-state index contributed by atoms with van der Waals surface area (Å²) in [7, 11) is 0. The van der Waals surface area contributed by atoms with E-state index >= 15 is 0 Å². The molecule has 1 aliphatic rings. The van der Waals surface area contributed by atoms with Crippen molar-refractivity contribution in [1.82, 2.24) is 0 Å². The van der Waals surface area contributed by atoms with E-state index in [0.717, 1.165) is 38.3 Å². The second kappa shape index (κ2) is 18.6. The molecule has 0 radical (unpaired) electrons. The summed E-state index contributed by atoms with van der Waals surface area (Å²) in [5, 5.41) is 20.2. The zero-order valence-electron chi connectivity index (χ0n) is 21.9. The number of hydrogen-bond acceptors (Lipinski definition) is 6. The van der Waals surface area contributed by atoms with E-state index < -0.39 is 34.1 Å². The van der Waals surface area contributed by atoms with Crippen LogP contribution in [-0.4, -0.2) is 39.5 Å². The number of carboxylic acid groups (broad SMARTS) is 1. The molecule has 0 aromatic carbocycles. The smallest absolute Gasteiger partial charge is 0.379 e. The van der Waals surface area contributed by atoms with E-state index in [2.05, 4.69) is 71.6 Å². The van der Waals surface area contributed by atoms with Crippen LogP contribution in [0.3, 0.4) is 0 Å². The molecule has 0 spiro atoms. The molecule has 0 bridgehead atoms. The number of nitrogens with zero attached hydrogens (tertiary/aromatic N) is 3. The molecule has 2 atom stereocenters. The maximum Gasteiger partial charge on any atom is 0.379 e. The largest absolute Gasteiger partial charge is 0.481 e. The first-order valence-corrected chi connectivity index (χ1v) is 12.8. The Hall–Kier alpha value is -3.68. The molecule has 0 fully saturated rings. The van der Waals surface area contributed by atoms with E-state index in [-0.39, 0.29) is 12.8 Å². The van der Waals surface area contributed by atoms with Gasteiger partial charge in [-0.1, -0.05) is 79.8 Å². The summed E-state index contributed by atoms with van der Waals surface area (Å²) in [4.78, 5) is 41.7. The fourth-order valence-corrected chi connectivity index (χ4v) is 3.35. The predicted molar refractivity (Wildman–Crippen MR) is 150 cm³/mol. The van der Waals surface area contributed by atoms with Crippen LogP contribution in [0, 0.1) is 16.0 Å². The van der Waals surface area contributed by atoms with Crippen molar-refractivity contribution in [3.8, 4) is 0 Å². The summed E-state index contributed by atoms with van der Waals surface area (Å²) in [6.45, 7) is 3.52. The lowest BCUT2D eigenvalue weighted by Crippen LogP contribution is -2.30. The summed E-state index contributed by atoms with van der Waals surface area (Å²) >= 11 is 0. The average Bonchev–Trinajstić information content (AvgIpc) is 3.28. The molecule has 0 aromatic rings. The van der Waals surface area contributed by atoms with Gasteiger partial charge in [0.25, 0.3) is 5.66 Å². The monoisotopic (exact) mass is 509 g/mol. The van der Waals surface area contributed by atoms with Crippen LogP contribution >= 0.6 is 0 Å². The lowest BCUT2D eigenvalue weighted by atomic mass is 9.94. The van der Waals surface area contributed by atoms with Crippen molar-refractivity contribution in [2.24, 2.45) is 15.9 Å². The Morgan fingerprint density at radius 2 is 1.38 bits per heavy atom. The molecule has 0 amide bonds. The van der Waals surface area contributed by atoms with Crippen LogP contribution in [0.15, 0.2) is 82.9 Å². The Bertz CT molecular complexity index is 986. The van der Waals surface area contributed by atoms with Gasteiger partial charge in [0.2, 0.25) is 5.78 Å². The van der Waals surface area contributed by atoms with Gasteiger partial charge in [-0.3, -0.25) is 9.59 Å². The van der Waals surface area contributed by atoms with Gasteiger partial charge in [-0.15, -0.1) is 0 Å². The van der Waals surface area contributed by atoms with Crippen molar-refractivity contribution in [3.63, 3.8) is 0 Å². The maximum atomic E-state index is 12.4. The highest BCUT2D eigenvalue weighted by atomic mass is 16.6. The van der Waals surface area contributed by atoms with Gasteiger partial charge in [0.05, 0.1) is 5.92 Å². The molecule has 0 saturated carbocycles. The fraction of sp³-hybridized carbons (Fsp3) is 0.448. The molecule has 0 aromatic heterocycles. The van der Waals surface area contributed by atoms with Gasteiger partial charge >= 0.3 is 11.8 Å². The second-order valence-corrected chi connectivity index (χ2v) is 8.65. The first-order chi connectivity index (χ1) is 17.8. The SMILES string of the molecule is CCC=CCC=CCC=CCC=CCC=CCC=CCC(CCC(=O)C1(C)N=CC([N+](=O)[O-])=N1)C(=O)O. The van der Waals surface area contributed by atoms with Gasteiger partial charge in [-0.05, 0) is 61.3 Å². The number of allylic oxidation sites excluding steroid dienone is 12.